The second kappa shape index (κ2) is 5.77. The molecule has 90 valence electrons. The van der Waals surface area contributed by atoms with E-state index in [-0.39, 0.29) is 6.61 Å². The van der Waals surface area contributed by atoms with Crippen LogP contribution in [-0.4, -0.2) is 53.1 Å². The van der Waals surface area contributed by atoms with Crippen LogP contribution >= 0.6 is 0 Å². The molecule has 15 heavy (non-hydrogen) atoms. The minimum Gasteiger partial charge on any atom is -0.394 e. The van der Waals surface area contributed by atoms with Crippen molar-refractivity contribution in [2.75, 3.05) is 13.2 Å². The van der Waals surface area contributed by atoms with Crippen LogP contribution in [0, 0.1) is 5.92 Å². The number of hydrogen-bond donors (Lipinski definition) is 3. The Labute approximate surface area is 89.6 Å². The van der Waals surface area contributed by atoms with Crippen molar-refractivity contribution in [3.05, 3.63) is 0 Å². The first-order valence-corrected chi connectivity index (χ1v) is 5.30. The van der Waals surface area contributed by atoms with Crippen LogP contribution in [0.5, 0.6) is 0 Å². The van der Waals surface area contributed by atoms with E-state index in [0.717, 1.165) is 6.42 Å². The summed E-state index contributed by atoms with van der Waals surface area (Å²) < 4.78 is 10.4. The lowest BCUT2D eigenvalue weighted by Crippen LogP contribution is -2.34. The fourth-order valence-electron chi connectivity index (χ4n) is 1.42. The molecule has 1 aliphatic heterocycles. The summed E-state index contributed by atoms with van der Waals surface area (Å²) in [5, 5.41) is 27.8. The number of aliphatic hydroxyl groups is 3. The molecule has 0 saturated carbocycles. The highest BCUT2D eigenvalue weighted by molar-refractivity contribution is 4.86. The summed E-state index contributed by atoms with van der Waals surface area (Å²) in [6.45, 7) is 4.30. The smallest absolute Gasteiger partial charge is 0.186 e. The van der Waals surface area contributed by atoms with E-state index in [2.05, 4.69) is 13.8 Å². The molecule has 5 nitrogen and oxygen atoms in total. The third-order valence-corrected chi connectivity index (χ3v) is 2.48. The Morgan fingerprint density at radius 1 is 1.27 bits per heavy atom. The molecule has 0 aromatic rings. The first-order chi connectivity index (χ1) is 7.06. The van der Waals surface area contributed by atoms with E-state index < -0.39 is 24.6 Å². The molecular weight excluding hydrogens is 200 g/mol. The van der Waals surface area contributed by atoms with Gasteiger partial charge in [0.05, 0.1) is 13.2 Å². The van der Waals surface area contributed by atoms with Crippen molar-refractivity contribution in [2.24, 2.45) is 5.92 Å². The van der Waals surface area contributed by atoms with Crippen molar-refractivity contribution >= 4 is 0 Å². The van der Waals surface area contributed by atoms with Crippen molar-refractivity contribution in [3.8, 4) is 0 Å². The van der Waals surface area contributed by atoms with Gasteiger partial charge in [-0.3, -0.25) is 0 Å². The molecular formula is C10H20O5. The molecule has 0 aromatic heterocycles. The van der Waals surface area contributed by atoms with Crippen LogP contribution in [0.3, 0.4) is 0 Å². The summed E-state index contributed by atoms with van der Waals surface area (Å²) in [6, 6.07) is 0. The van der Waals surface area contributed by atoms with Gasteiger partial charge in [0.1, 0.15) is 18.3 Å². The molecule has 1 aliphatic rings. The Morgan fingerprint density at radius 3 is 2.40 bits per heavy atom. The second-order valence-corrected chi connectivity index (χ2v) is 4.26. The molecule has 1 fully saturated rings. The molecule has 1 heterocycles. The molecule has 0 bridgehead atoms. The normalized spacial score (nSPS) is 36.4. The highest BCUT2D eigenvalue weighted by atomic mass is 16.7. The number of aliphatic hydroxyl groups excluding tert-OH is 3. The third-order valence-electron chi connectivity index (χ3n) is 2.48. The van der Waals surface area contributed by atoms with Gasteiger partial charge in [-0.15, -0.1) is 0 Å². The summed E-state index contributed by atoms with van der Waals surface area (Å²) in [5.74, 6) is 0.516. The van der Waals surface area contributed by atoms with Crippen molar-refractivity contribution < 1.29 is 24.8 Å². The molecule has 1 unspecified atom stereocenters. The SMILES string of the molecule is CC(C)CCOC1O[C@@H](CO)[C@H](O)[C@H]1O. The fourth-order valence-corrected chi connectivity index (χ4v) is 1.42. The molecule has 0 spiro atoms. The largest absolute Gasteiger partial charge is 0.394 e. The van der Waals surface area contributed by atoms with Crippen LogP contribution in [0.1, 0.15) is 20.3 Å². The second-order valence-electron chi connectivity index (χ2n) is 4.26. The maximum atomic E-state index is 9.51. The first-order valence-electron chi connectivity index (χ1n) is 5.30. The molecule has 0 amide bonds. The predicted molar refractivity (Wildman–Crippen MR) is 53.2 cm³/mol. The van der Waals surface area contributed by atoms with Crippen LogP contribution in [0.4, 0.5) is 0 Å². The van der Waals surface area contributed by atoms with Crippen LogP contribution in [0.15, 0.2) is 0 Å². The van der Waals surface area contributed by atoms with Gasteiger partial charge in [0.25, 0.3) is 0 Å². The Balaban J connectivity index is 2.31. The average Bonchev–Trinajstić information content (AvgIpc) is 2.45. The topological polar surface area (TPSA) is 79.2 Å². The third kappa shape index (κ3) is 3.39. The summed E-state index contributed by atoms with van der Waals surface area (Å²) in [4.78, 5) is 0. The number of ether oxygens (including phenoxy) is 2. The lowest BCUT2D eigenvalue weighted by Gasteiger charge is -2.16. The Kier molecular flexibility index (Phi) is 4.95. The van der Waals surface area contributed by atoms with E-state index in [4.69, 9.17) is 14.6 Å². The zero-order valence-corrected chi connectivity index (χ0v) is 9.17. The monoisotopic (exact) mass is 220 g/mol. The predicted octanol–water partition coefficient (Wildman–Crippen LogP) is -0.512. The van der Waals surface area contributed by atoms with Gasteiger partial charge in [-0.25, -0.2) is 0 Å². The van der Waals surface area contributed by atoms with Crippen LogP contribution in [0.25, 0.3) is 0 Å². The summed E-state index contributed by atoms with van der Waals surface area (Å²) >= 11 is 0. The minimum absolute atomic E-state index is 0.317. The fraction of sp³-hybridized carbons (Fsp3) is 1.00. The molecule has 0 aromatic carbocycles. The highest BCUT2D eigenvalue weighted by Crippen LogP contribution is 2.22. The van der Waals surface area contributed by atoms with Crippen LogP contribution < -0.4 is 0 Å². The maximum Gasteiger partial charge on any atom is 0.186 e. The number of hydrogen-bond acceptors (Lipinski definition) is 5. The van der Waals surface area contributed by atoms with E-state index in [1.165, 1.54) is 0 Å². The Hall–Kier alpha value is -0.200. The molecule has 3 N–H and O–H groups in total. The van der Waals surface area contributed by atoms with Crippen molar-refractivity contribution in [2.45, 2.75) is 44.9 Å². The molecule has 1 saturated heterocycles. The van der Waals surface area contributed by atoms with Gasteiger partial charge in [0.2, 0.25) is 0 Å². The summed E-state index contributed by atoms with van der Waals surface area (Å²) in [6.07, 6.45) is -2.85. The van der Waals surface area contributed by atoms with Gasteiger partial charge in [-0.1, -0.05) is 13.8 Å². The van der Waals surface area contributed by atoms with Gasteiger partial charge < -0.3 is 24.8 Å². The zero-order chi connectivity index (χ0) is 11.4. The summed E-state index contributed by atoms with van der Waals surface area (Å²) in [5.41, 5.74) is 0. The van der Waals surface area contributed by atoms with Gasteiger partial charge in [-0.05, 0) is 12.3 Å². The van der Waals surface area contributed by atoms with Gasteiger partial charge in [0.15, 0.2) is 6.29 Å². The Bertz CT molecular complexity index is 185. The molecule has 0 aliphatic carbocycles. The van der Waals surface area contributed by atoms with E-state index in [1.807, 2.05) is 0 Å². The zero-order valence-electron chi connectivity index (χ0n) is 9.17. The lowest BCUT2D eigenvalue weighted by molar-refractivity contribution is -0.170. The molecule has 1 rings (SSSR count). The average molecular weight is 220 g/mol. The summed E-state index contributed by atoms with van der Waals surface area (Å²) in [7, 11) is 0. The van der Waals surface area contributed by atoms with Gasteiger partial charge in [0, 0.05) is 0 Å². The van der Waals surface area contributed by atoms with E-state index in [1.54, 1.807) is 0 Å². The van der Waals surface area contributed by atoms with Crippen LogP contribution in [-0.2, 0) is 9.47 Å². The van der Waals surface area contributed by atoms with Crippen molar-refractivity contribution in [3.63, 3.8) is 0 Å². The first kappa shape index (κ1) is 12.9. The molecule has 0 radical (unpaired) electrons. The lowest BCUT2D eigenvalue weighted by atomic mass is 10.1. The van der Waals surface area contributed by atoms with Crippen LogP contribution in [0.2, 0.25) is 0 Å². The van der Waals surface area contributed by atoms with E-state index in [0.29, 0.717) is 12.5 Å². The van der Waals surface area contributed by atoms with Crippen molar-refractivity contribution in [1.29, 1.82) is 0 Å². The van der Waals surface area contributed by atoms with E-state index >= 15 is 0 Å². The molecule has 5 heteroatoms. The van der Waals surface area contributed by atoms with Gasteiger partial charge in [-0.2, -0.15) is 0 Å². The van der Waals surface area contributed by atoms with Crippen molar-refractivity contribution in [1.82, 2.24) is 0 Å². The quantitative estimate of drug-likeness (QED) is 0.581. The minimum atomic E-state index is -1.07. The van der Waals surface area contributed by atoms with E-state index in [9.17, 15) is 10.2 Å². The standard InChI is InChI=1S/C10H20O5/c1-6(2)3-4-14-10-9(13)8(12)7(5-11)15-10/h6-13H,3-5H2,1-2H3/t7-,8-,9+,10?/m0/s1. The number of rotatable bonds is 5. The molecule has 4 atom stereocenters. The maximum absolute atomic E-state index is 9.51. The highest BCUT2D eigenvalue weighted by Gasteiger charge is 2.42. The Morgan fingerprint density at radius 2 is 1.93 bits per heavy atom. The van der Waals surface area contributed by atoms with Gasteiger partial charge >= 0.3 is 0 Å².